The van der Waals surface area contributed by atoms with Crippen LogP contribution in [0.15, 0.2) is 24.3 Å². The number of pyridine rings is 1. The summed E-state index contributed by atoms with van der Waals surface area (Å²) in [5.41, 5.74) is 2.87. The van der Waals surface area contributed by atoms with Gasteiger partial charge in [-0.25, -0.2) is 4.98 Å². The van der Waals surface area contributed by atoms with E-state index in [1.165, 1.54) is 4.90 Å². The molecule has 1 aliphatic carbocycles. The van der Waals surface area contributed by atoms with Gasteiger partial charge in [0.2, 0.25) is 11.8 Å². The summed E-state index contributed by atoms with van der Waals surface area (Å²) in [5, 5.41) is 4.71. The summed E-state index contributed by atoms with van der Waals surface area (Å²) in [6.07, 6.45) is 4.35. The van der Waals surface area contributed by atoms with Gasteiger partial charge >= 0.3 is 0 Å². The van der Waals surface area contributed by atoms with Crippen LogP contribution in [0.2, 0.25) is 0 Å². The van der Waals surface area contributed by atoms with Crippen LogP contribution in [0.3, 0.4) is 0 Å². The molecule has 0 spiro atoms. The summed E-state index contributed by atoms with van der Waals surface area (Å²) in [7, 11) is 1.66. The van der Waals surface area contributed by atoms with E-state index in [0.29, 0.717) is 18.9 Å². The van der Waals surface area contributed by atoms with Crippen molar-refractivity contribution >= 4 is 28.4 Å². The van der Waals surface area contributed by atoms with Gasteiger partial charge in [-0.3, -0.25) is 14.5 Å². The number of anilines is 1. The maximum atomic E-state index is 12.0. The number of nitrogens with zero attached hydrogens (tertiary/aromatic N) is 2. The Balaban J connectivity index is 1.49. The van der Waals surface area contributed by atoms with Crippen molar-refractivity contribution in [3.05, 3.63) is 30.0 Å². The summed E-state index contributed by atoms with van der Waals surface area (Å²) in [5.74, 6) is 0.771. The minimum Gasteiger partial charge on any atom is -0.494 e. The van der Waals surface area contributed by atoms with Crippen LogP contribution >= 0.6 is 0 Å². The molecule has 2 aliphatic rings. The van der Waals surface area contributed by atoms with Gasteiger partial charge in [-0.2, -0.15) is 0 Å². The maximum Gasteiger partial charge on any atom is 0.229 e. The number of nitrogens with one attached hydrogen (secondary N) is 1. The van der Waals surface area contributed by atoms with Crippen LogP contribution < -0.4 is 10.1 Å². The maximum absolute atomic E-state index is 12.0. The van der Waals surface area contributed by atoms with Crippen LogP contribution in [0.4, 0.5) is 5.69 Å². The topological polar surface area (TPSA) is 71.5 Å². The summed E-state index contributed by atoms with van der Waals surface area (Å²) >= 11 is 0. The molecule has 6 heteroatoms. The Hall–Kier alpha value is -2.63. The molecule has 2 aromatic rings. The van der Waals surface area contributed by atoms with E-state index in [9.17, 15) is 9.59 Å². The largest absolute Gasteiger partial charge is 0.494 e. The zero-order valence-electron chi connectivity index (χ0n) is 15.8. The van der Waals surface area contributed by atoms with E-state index in [0.717, 1.165) is 53.7 Å². The monoisotopic (exact) mass is 367 g/mol. The molecule has 1 saturated carbocycles. The van der Waals surface area contributed by atoms with Gasteiger partial charge in [-0.1, -0.05) is 12.1 Å². The fourth-order valence-corrected chi connectivity index (χ4v) is 4.33. The number of carbonyl (C=O) groups excluding carboxylic acids is 2. The van der Waals surface area contributed by atoms with Gasteiger partial charge in [0.1, 0.15) is 11.3 Å². The highest BCUT2D eigenvalue weighted by Gasteiger charge is 2.36. The van der Waals surface area contributed by atoms with E-state index in [-0.39, 0.29) is 17.9 Å². The predicted molar refractivity (Wildman–Crippen MR) is 104 cm³/mol. The number of hydrogen-bond acceptors (Lipinski definition) is 5. The first-order chi connectivity index (χ1) is 13.1. The summed E-state index contributed by atoms with van der Waals surface area (Å²) in [6.45, 7) is 1.98. The van der Waals surface area contributed by atoms with Crippen LogP contribution in [-0.4, -0.2) is 40.9 Å². The summed E-state index contributed by atoms with van der Waals surface area (Å²) in [4.78, 5) is 30.1. The quantitative estimate of drug-likeness (QED) is 0.839. The highest BCUT2D eigenvalue weighted by Crippen LogP contribution is 2.33. The third-order valence-electron chi connectivity index (χ3n) is 5.66. The molecule has 1 N–H and O–H groups in total. The molecule has 1 aliphatic heterocycles. The normalized spacial score (nSPS) is 23.1. The van der Waals surface area contributed by atoms with Crippen LogP contribution in [0.5, 0.6) is 5.75 Å². The standard InChI is InChI=1S/C21H25N3O3/c1-13-12-17(16-4-3-5-18(27-2)21(16)22-13)23-14-6-8-15(9-7-14)24-19(25)10-11-20(24)26/h3-5,12,14-15H,6-11H2,1-2H3,(H,22,23). The Morgan fingerprint density at radius 1 is 1.11 bits per heavy atom. The first kappa shape index (κ1) is 17.8. The molecule has 6 nitrogen and oxygen atoms in total. The number of rotatable bonds is 4. The number of fused-ring (bicyclic) bond motifs is 1. The lowest BCUT2D eigenvalue weighted by atomic mass is 9.90. The molecule has 142 valence electrons. The van der Waals surface area contributed by atoms with Gasteiger partial charge in [-0.05, 0) is 44.7 Å². The van der Waals surface area contributed by atoms with E-state index in [4.69, 9.17) is 4.74 Å². The Morgan fingerprint density at radius 2 is 1.81 bits per heavy atom. The first-order valence-corrected chi connectivity index (χ1v) is 9.62. The molecular weight excluding hydrogens is 342 g/mol. The van der Waals surface area contributed by atoms with E-state index >= 15 is 0 Å². The van der Waals surface area contributed by atoms with E-state index < -0.39 is 0 Å². The molecule has 1 saturated heterocycles. The van der Waals surface area contributed by atoms with Crippen LogP contribution in [-0.2, 0) is 9.59 Å². The molecule has 1 aromatic heterocycles. The number of carbonyl (C=O) groups is 2. The first-order valence-electron chi connectivity index (χ1n) is 9.62. The van der Waals surface area contributed by atoms with Crippen molar-refractivity contribution in [2.24, 2.45) is 0 Å². The molecule has 1 aromatic carbocycles. The van der Waals surface area contributed by atoms with Crippen molar-refractivity contribution in [3.8, 4) is 5.75 Å². The fraction of sp³-hybridized carbons (Fsp3) is 0.476. The van der Waals surface area contributed by atoms with Gasteiger partial charge in [0.15, 0.2) is 0 Å². The predicted octanol–water partition coefficient (Wildman–Crippen LogP) is 3.42. The lowest BCUT2D eigenvalue weighted by Crippen LogP contribution is -2.43. The van der Waals surface area contributed by atoms with Crippen LogP contribution in [0.1, 0.15) is 44.2 Å². The van der Waals surface area contributed by atoms with Crippen molar-refractivity contribution in [2.45, 2.75) is 57.5 Å². The van der Waals surface area contributed by atoms with Crippen LogP contribution in [0, 0.1) is 6.92 Å². The zero-order valence-corrected chi connectivity index (χ0v) is 15.8. The number of imide groups is 1. The number of likely N-dealkylation sites (tertiary alicyclic amines) is 1. The van der Waals surface area contributed by atoms with Gasteiger partial charge in [0.05, 0.1) is 7.11 Å². The highest BCUT2D eigenvalue weighted by molar-refractivity contribution is 6.02. The molecule has 27 heavy (non-hydrogen) atoms. The summed E-state index contributed by atoms with van der Waals surface area (Å²) < 4.78 is 5.46. The number of methoxy groups -OCH3 is 1. The second-order valence-electron chi connectivity index (χ2n) is 7.47. The van der Waals surface area contributed by atoms with Crippen molar-refractivity contribution in [1.29, 1.82) is 0 Å². The minimum absolute atomic E-state index is 0.000688. The molecule has 2 fully saturated rings. The molecule has 4 rings (SSSR count). The molecule has 0 unspecified atom stereocenters. The number of ether oxygens (including phenoxy) is 1. The molecular formula is C21H25N3O3. The Kier molecular flexibility index (Phi) is 4.72. The van der Waals surface area contributed by atoms with Gasteiger partial charge in [0, 0.05) is 41.7 Å². The highest BCUT2D eigenvalue weighted by atomic mass is 16.5. The number of hydrogen-bond donors (Lipinski definition) is 1. The molecule has 2 heterocycles. The van der Waals surface area contributed by atoms with Crippen molar-refractivity contribution in [1.82, 2.24) is 9.88 Å². The van der Waals surface area contributed by atoms with Gasteiger partial charge < -0.3 is 10.1 Å². The summed E-state index contributed by atoms with van der Waals surface area (Å²) in [6, 6.07) is 8.42. The minimum atomic E-state index is -0.000688. The lowest BCUT2D eigenvalue weighted by Gasteiger charge is -2.34. The SMILES string of the molecule is COc1cccc2c(NC3CCC(N4C(=O)CCC4=O)CC3)cc(C)nc12. The molecule has 2 amide bonds. The Bertz CT molecular complexity index is 872. The Labute approximate surface area is 158 Å². The second-order valence-corrected chi connectivity index (χ2v) is 7.47. The molecule has 0 radical (unpaired) electrons. The fourth-order valence-electron chi connectivity index (χ4n) is 4.33. The number of aromatic nitrogens is 1. The number of amides is 2. The van der Waals surface area contributed by atoms with Gasteiger partial charge in [0.25, 0.3) is 0 Å². The van der Waals surface area contributed by atoms with E-state index in [1.54, 1.807) is 7.11 Å². The van der Waals surface area contributed by atoms with E-state index in [1.807, 2.05) is 19.1 Å². The third-order valence-corrected chi connectivity index (χ3v) is 5.66. The number of benzene rings is 1. The number of para-hydroxylation sites is 1. The molecule has 0 atom stereocenters. The smallest absolute Gasteiger partial charge is 0.229 e. The van der Waals surface area contributed by atoms with Crippen molar-refractivity contribution in [2.75, 3.05) is 12.4 Å². The average molecular weight is 367 g/mol. The average Bonchev–Trinajstić information content (AvgIpc) is 3.00. The lowest BCUT2D eigenvalue weighted by molar-refractivity contribution is -0.141. The number of aryl methyl sites for hydroxylation is 1. The third kappa shape index (κ3) is 3.36. The second kappa shape index (κ2) is 7.18. The van der Waals surface area contributed by atoms with Crippen LogP contribution in [0.25, 0.3) is 10.9 Å². The van der Waals surface area contributed by atoms with Crippen molar-refractivity contribution < 1.29 is 14.3 Å². The van der Waals surface area contributed by atoms with Gasteiger partial charge in [-0.15, -0.1) is 0 Å². The molecule has 0 bridgehead atoms. The van der Waals surface area contributed by atoms with E-state index in [2.05, 4.69) is 22.4 Å². The zero-order chi connectivity index (χ0) is 19.0. The Morgan fingerprint density at radius 3 is 2.48 bits per heavy atom. The van der Waals surface area contributed by atoms with Crippen molar-refractivity contribution in [3.63, 3.8) is 0 Å².